The molecule has 0 aliphatic carbocycles. The van der Waals surface area contributed by atoms with Crippen molar-refractivity contribution in [3.8, 4) is 22.8 Å². The first-order valence-corrected chi connectivity index (χ1v) is 6.54. The molecule has 4 nitrogen and oxygen atoms in total. The zero-order chi connectivity index (χ0) is 14.7. The van der Waals surface area contributed by atoms with Crippen LogP contribution in [0.15, 0.2) is 30.5 Å². The van der Waals surface area contributed by atoms with Gasteiger partial charge in [0.25, 0.3) is 0 Å². The van der Waals surface area contributed by atoms with Gasteiger partial charge < -0.3 is 14.0 Å². The van der Waals surface area contributed by atoms with Crippen molar-refractivity contribution in [1.29, 1.82) is 0 Å². The molecule has 0 N–H and O–H groups in total. The number of benzene rings is 1. The molecule has 0 unspecified atom stereocenters. The van der Waals surface area contributed by atoms with Gasteiger partial charge in [-0.25, -0.2) is 0 Å². The zero-order valence-electron chi connectivity index (χ0n) is 12.3. The van der Waals surface area contributed by atoms with Crippen molar-refractivity contribution in [3.63, 3.8) is 0 Å². The molecule has 0 bridgehead atoms. The van der Waals surface area contributed by atoms with Crippen molar-refractivity contribution in [2.45, 2.75) is 20.4 Å². The fourth-order valence-electron chi connectivity index (χ4n) is 2.20. The molecular formula is C16H19NO3. The fourth-order valence-corrected chi connectivity index (χ4v) is 2.20. The van der Waals surface area contributed by atoms with Crippen molar-refractivity contribution < 1.29 is 14.3 Å². The summed E-state index contributed by atoms with van der Waals surface area (Å²) in [5, 5.41) is 0. The number of aryl methyl sites for hydroxylation is 1. The predicted molar refractivity (Wildman–Crippen MR) is 78.7 cm³/mol. The lowest BCUT2D eigenvalue weighted by atomic mass is 10.1. The molecule has 0 spiro atoms. The van der Waals surface area contributed by atoms with E-state index in [1.165, 1.54) is 0 Å². The summed E-state index contributed by atoms with van der Waals surface area (Å²) >= 11 is 0. The third-order valence-corrected chi connectivity index (χ3v) is 3.33. The smallest absolute Gasteiger partial charge is 0.161 e. The zero-order valence-corrected chi connectivity index (χ0v) is 12.3. The molecule has 1 heterocycles. The first-order chi connectivity index (χ1) is 9.60. The minimum absolute atomic E-state index is 0.0610. The van der Waals surface area contributed by atoms with Gasteiger partial charge in [-0.05, 0) is 32.0 Å². The van der Waals surface area contributed by atoms with Crippen LogP contribution in [0.2, 0.25) is 0 Å². The molecule has 2 rings (SSSR count). The largest absolute Gasteiger partial charge is 0.497 e. The predicted octanol–water partition coefficient (Wildman–Crippen LogP) is 3.39. The number of aromatic nitrogens is 1. The molecule has 0 saturated carbocycles. The Hall–Kier alpha value is -2.23. The van der Waals surface area contributed by atoms with Crippen molar-refractivity contribution in [2.75, 3.05) is 14.2 Å². The van der Waals surface area contributed by atoms with E-state index in [1.807, 2.05) is 42.0 Å². The molecule has 0 aliphatic heterocycles. The minimum Gasteiger partial charge on any atom is -0.497 e. The molecule has 106 valence electrons. The van der Waals surface area contributed by atoms with Crippen molar-refractivity contribution in [1.82, 2.24) is 4.57 Å². The minimum atomic E-state index is 0.0610. The summed E-state index contributed by atoms with van der Waals surface area (Å²) in [6.07, 6.45) is 1.88. The van der Waals surface area contributed by atoms with E-state index in [4.69, 9.17) is 9.47 Å². The molecule has 0 atom stereocenters. The van der Waals surface area contributed by atoms with Crippen LogP contribution < -0.4 is 9.47 Å². The van der Waals surface area contributed by atoms with E-state index in [0.717, 1.165) is 29.3 Å². The van der Waals surface area contributed by atoms with Gasteiger partial charge in [0.1, 0.15) is 11.5 Å². The van der Waals surface area contributed by atoms with Gasteiger partial charge in [0, 0.05) is 29.9 Å². The third-order valence-electron chi connectivity index (χ3n) is 3.33. The number of hydrogen-bond donors (Lipinski definition) is 0. The van der Waals surface area contributed by atoms with Crippen LogP contribution in [-0.4, -0.2) is 24.6 Å². The van der Waals surface area contributed by atoms with Gasteiger partial charge in [0.2, 0.25) is 0 Å². The lowest BCUT2D eigenvalue weighted by molar-refractivity contribution is 0.101. The van der Waals surface area contributed by atoms with Gasteiger partial charge in [0.15, 0.2) is 5.78 Å². The van der Waals surface area contributed by atoms with Crippen LogP contribution in [0.25, 0.3) is 11.3 Å². The molecule has 0 amide bonds. The number of hydrogen-bond acceptors (Lipinski definition) is 3. The Labute approximate surface area is 118 Å². The Kier molecular flexibility index (Phi) is 4.13. The van der Waals surface area contributed by atoms with E-state index >= 15 is 0 Å². The molecule has 0 fully saturated rings. The maximum Gasteiger partial charge on any atom is 0.161 e. The van der Waals surface area contributed by atoms with Crippen molar-refractivity contribution >= 4 is 5.78 Å². The van der Waals surface area contributed by atoms with E-state index in [0.29, 0.717) is 5.56 Å². The van der Waals surface area contributed by atoms with E-state index in [-0.39, 0.29) is 5.78 Å². The highest BCUT2D eigenvalue weighted by atomic mass is 16.5. The van der Waals surface area contributed by atoms with Crippen LogP contribution in [0.4, 0.5) is 0 Å². The van der Waals surface area contributed by atoms with Crippen molar-refractivity contribution in [2.24, 2.45) is 0 Å². The first kappa shape index (κ1) is 14.2. The molecule has 4 heteroatoms. The molecule has 2 aromatic rings. The van der Waals surface area contributed by atoms with Gasteiger partial charge >= 0.3 is 0 Å². The van der Waals surface area contributed by atoms with Crippen molar-refractivity contribution in [3.05, 3.63) is 36.0 Å². The second kappa shape index (κ2) is 5.82. The lowest BCUT2D eigenvalue weighted by Crippen LogP contribution is -1.97. The van der Waals surface area contributed by atoms with Gasteiger partial charge in [-0.1, -0.05) is 0 Å². The van der Waals surface area contributed by atoms with Gasteiger partial charge in [-0.3, -0.25) is 4.79 Å². The number of nitrogens with zero attached hydrogens (tertiary/aromatic N) is 1. The Bertz CT molecular complexity index is 629. The van der Waals surface area contributed by atoms with Crippen LogP contribution in [-0.2, 0) is 6.54 Å². The number of rotatable bonds is 5. The standard InChI is InChI=1S/C16H19NO3/c1-5-17-10-12(11(2)18)8-15(17)14-7-6-13(19-3)9-16(14)20-4/h6-10H,5H2,1-4H3. The summed E-state index contributed by atoms with van der Waals surface area (Å²) in [6, 6.07) is 7.58. The van der Waals surface area contributed by atoms with Crippen LogP contribution in [0.5, 0.6) is 11.5 Å². The van der Waals surface area contributed by atoms with E-state index in [9.17, 15) is 4.79 Å². The number of carbonyl (C=O) groups excluding carboxylic acids is 1. The Balaban J connectivity index is 2.58. The van der Waals surface area contributed by atoms with E-state index in [1.54, 1.807) is 21.1 Å². The monoisotopic (exact) mass is 273 g/mol. The highest BCUT2D eigenvalue weighted by Gasteiger charge is 2.14. The second-order valence-corrected chi connectivity index (χ2v) is 4.52. The summed E-state index contributed by atoms with van der Waals surface area (Å²) in [4.78, 5) is 11.5. The van der Waals surface area contributed by atoms with E-state index in [2.05, 4.69) is 0 Å². The number of carbonyl (C=O) groups is 1. The van der Waals surface area contributed by atoms with Crippen LogP contribution in [0.1, 0.15) is 24.2 Å². The summed E-state index contributed by atoms with van der Waals surface area (Å²) < 4.78 is 12.7. The molecule has 20 heavy (non-hydrogen) atoms. The first-order valence-electron chi connectivity index (χ1n) is 6.54. The molecule has 1 aromatic heterocycles. The van der Waals surface area contributed by atoms with Crippen LogP contribution in [0.3, 0.4) is 0 Å². The Morgan fingerprint density at radius 1 is 1.20 bits per heavy atom. The quantitative estimate of drug-likeness (QED) is 0.784. The SMILES string of the molecule is CCn1cc(C(C)=O)cc1-c1ccc(OC)cc1OC. The highest BCUT2D eigenvalue weighted by Crippen LogP contribution is 2.34. The summed E-state index contributed by atoms with van der Waals surface area (Å²) in [5.41, 5.74) is 2.62. The summed E-state index contributed by atoms with van der Waals surface area (Å²) in [6.45, 7) is 4.41. The Morgan fingerprint density at radius 2 is 1.95 bits per heavy atom. The lowest BCUT2D eigenvalue weighted by Gasteiger charge is -2.12. The number of methoxy groups -OCH3 is 2. The van der Waals surface area contributed by atoms with Gasteiger partial charge in [0.05, 0.1) is 19.9 Å². The number of ether oxygens (including phenoxy) is 2. The molecule has 0 radical (unpaired) electrons. The van der Waals surface area contributed by atoms with Gasteiger partial charge in [-0.15, -0.1) is 0 Å². The average molecular weight is 273 g/mol. The normalized spacial score (nSPS) is 10.4. The third kappa shape index (κ3) is 2.54. The second-order valence-electron chi connectivity index (χ2n) is 4.52. The van der Waals surface area contributed by atoms with Crippen LogP contribution in [0, 0.1) is 0 Å². The number of ketones is 1. The van der Waals surface area contributed by atoms with Crippen LogP contribution >= 0.6 is 0 Å². The molecule has 0 saturated heterocycles. The molecule has 0 aliphatic rings. The summed E-state index contributed by atoms with van der Waals surface area (Å²) in [5.74, 6) is 1.53. The van der Waals surface area contributed by atoms with Gasteiger partial charge in [-0.2, -0.15) is 0 Å². The summed E-state index contributed by atoms with van der Waals surface area (Å²) in [7, 11) is 3.25. The van der Waals surface area contributed by atoms with E-state index < -0.39 is 0 Å². The average Bonchev–Trinajstić information content (AvgIpc) is 2.90. The Morgan fingerprint density at radius 3 is 2.50 bits per heavy atom. The molecular weight excluding hydrogens is 254 g/mol. The highest BCUT2D eigenvalue weighted by molar-refractivity contribution is 5.95. The topological polar surface area (TPSA) is 40.5 Å². The molecule has 1 aromatic carbocycles. The maximum atomic E-state index is 11.5. The number of Topliss-reactive ketones (excluding diaryl/α,β-unsaturated/α-hetero) is 1. The maximum absolute atomic E-state index is 11.5. The fraction of sp³-hybridized carbons (Fsp3) is 0.312.